The normalized spacial score (nSPS) is 8.00. The van der Waals surface area contributed by atoms with Gasteiger partial charge in [0.2, 0.25) is 0 Å². The van der Waals surface area contributed by atoms with Crippen molar-refractivity contribution in [2.45, 2.75) is 26.4 Å². The first-order chi connectivity index (χ1) is 3.00. The average Bonchev–Trinajstić information content (AvgIpc) is 1.36. The van der Waals surface area contributed by atoms with E-state index in [1.165, 1.54) is 0 Å². The molecule has 0 aliphatic rings. The molecular weight excluding hydrogens is 156 g/mol. The molecule has 0 saturated heterocycles. The van der Waals surface area contributed by atoms with Gasteiger partial charge in [0.1, 0.15) is 0 Å². The molecule has 8 heavy (non-hydrogen) atoms. The summed E-state index contributed by atoms with van der Waals surface area (Å²) >= 11 is 0. The Morgan fingerprint density at radius 2 is 1.25 bits per heavy atom. The summed E-state index contributed by atoms with van der Waals surface area (Å²) < 4.78 is 0. The van der Waals surface area contributed by atoms with Gasteiger partial charge in [-0.15, -0.1) is 5.60 Å². The second-order valence-corrected chi connectivity index (χ2v) is 2.11. The van der Waals surface area contributed by atoms with Crippen LogP contribution in [0, 0.1) is 0 Å². The molecule has 52 valence electrons. The SMILES string of the molecule is CC(C)(C)[O-].[C]=O.[Cu+]. The van der Waals surface area contributed by atoms with Crippen molar-refractivity contribution in [2.75, 3.05) is 0 Å². The van der Waals surface area contributed by atoms with Gasteiger partial charge < -0.3 is 5.11 Å². The van der Waals surface area contributed by atoms with E-state index in [0.29, 0.717) is 0 Å². The minimum atomic E-state index is -0.750. The van der Waals surface area contributed by atoms with Gasteiger partial charge in [0.15, 0.2) is 0 Å². The molecule has 0 amide bonds. The van der Waals surface area contributed by atoms with Gasteiger partial charge in [-0.25, -0.2) is 0 Å². The first kappa shape index (κ1) is 15.7. The van der Waals surface area contributed by atoms with Crippen LogP contribution in [0.1, 0.15) is 20.8 Å². The molecule has 0 fully saturated rings. The minimum Gasteiger partial charge on any atom is -0.850 e. The number of rotatable bonds is 0. The van der Waals surface area contributed by atoms with E-state index in [9.17, 15) is 5.11 Å². The third kappa shape index (κ3) is 7300. The first-order valence-corrected chi connectivity index (χ1v) is 1.91. The minimum absolute atomic E-state index is 0. The molecule has 0 heterocycles. The maximum atomic E-state index is 10.1. The summed E-state index contributed by atoms with van der Waals surface area (Å²) in [6.07, 6.45) is 0. The molecule has 0 bridgehead atoms. The van der Waals surface area contributed by atoms with Crippen LogP contribution in [-0.4, -0.2) is 12.4 Å². The van der Waals surface area contributed by atoms with E-state index in [0.717, 1.165) is 0 Å². The van der Waals surface area contributed by atoms with Crippen LogP contribution in [0.5, 0.6) is 0 Å². The second-order valence-electron chi connectivity index (χ2n) is 2.11. The van der Waals surface area contributed by atoms with Crippen LogP contribution in [0.2, 0.25) is 0 Å². The van der Waals surface area contributed by atoms with Crippen LogP contribution in [-0.2, 0) is 21.9 Å². The molecule has 0 spiro atoms. The third-order valence-corrected chi connectivity index (χ3v) is 0. The maximum absolute atomic E-state index is 10.1. The Bertz CT molecular complexity index is 34.2. The molecule has 3 heteroatoms. The van der Waals surface area contributed by atoms with E-state index < -0.39 is 5.60 Å². The monoisotopic (exact) mass is 164 g/mol. The van der Waals surface area contributed by atoms with Crippen LogP contribution in [0.4, 0.5) is 0 Å². The molecule has 0 aromatic rings. The van der Waals surface area contributed by atoms with Gasteiger partial charge in [0.25, 0.3) is 6.79 Å². The van der Waals surface area contributed by atoms with Crippen LogP contribution in [0.25, 0.3) is 0 Å². The summed E-state index contributed by atoms with van der Waals surface area (Å²) in [4.78, 5) is 7.50. The Morgan fingerprint density at radius 1 is 1.25 bits per heavy atom. The molecule has 2 radical (unpaired) electrons. The zero-order chi connectivity index (χ0) is 6.50. The van der Waals surface area contributed by atoms with Crippen molar-refractivity contribution in [3.05, 3.63) is 0 Å². The number of carbonyl (C=O) groups excluding carboxylic acids is 1. The summed E-state index contributed by atoms with van der Waals surface area (Å²) in [5.74, 6) is 0. The van der Waals surface area contributed by atoms with Gasteiger partial charge in [-0.05, 0) is 0 Å². The fourth-order valence-corrected chi connectivity index (χ4v) is 0. The van der Waals surface area contributed by atoms with Crippen LogP contribution < -0.4 is 5.11 Å². The standard InChI is InChI=1S/C4H9O.CO.Cu/c1-4(2,3)5;1-2;/h1-3H3;;/q-1;;+1. The van der Waals surface area contributed by atoms with Crippen molar-refractivity contribution >= 4 is 6.79 Å². The zero-order valence-electron chi connectivity index (χ0n) is 5.12. The molecule has 0 unspecified atom stereocenters. The van der Waals surface area contributed by atoms with Crippen LogP contribution >= 0.6 is 0 Å². The van der Waals surface area contributed by atoms with Gasteiger partial charge in [0, 0.05) is 0 Å². The van der Waals surface area contributed by atoms with Crippen molar-refractivity contribution < 1.29 is 27.0 Å². The molecule has 0 saturated carbocycles. The fourth-order valence-electron chi connectivity index (χ4n) is 0. The molecule has 0 rings (SSSR count). The Hall–Kier alpha value is 0.149. The zero-order valence-corrected chi connectivity index (χ0v) is 6.06. The third-order valence-electron chi connectivity index (χ3n) is 0. The fraction of sp³-hybridized carbons (Fsp3) is 0.800. The Labute approximate surface area is 60.8 Å². The average molecular weight is 165 g/mol. The van der Waals surface area contributed by atoms with Crippen molar-refractivity contribution in [2.24, 2.45) is 0 Å². The van der Waals surface area contributed by atoms with Gasteiger partial charge in [-0.1, -0.05) is 20.8 Å². The first-order valence-electron chi connectivity index (χ1n) is 1.91. The molecule has 0 N–H and O–H groups in total. The van der Waals surface area contributed by atoms with Crippen molar-refractivity contribution in [1.82, 2.24) is 0 Å². The van der Waals surface area contributed by atoms with Gasteiger partial charge >= 0.3 is 17.1 Å². The largest absolute Gasteiger partial charge is 1.00 e. The maximum Gasteiger partial charge on any atom is 1.00 e. The molecular formula is C5H9CuO2. The van der Waals surface area contributed by atoms with E-state index in [1.54, 1.807) is 20.8 Å². The summed E-state index contributed by atoms with van der Waals surface area (Å²) in [5.41, 5.74) is -0.750. The van der Waals surface area contributed by atoms with E-state index >= 15 is 0 Å². The van der Waals surface area contributed by atoms with Crippen molar-refractivity contribution in [3.63, 3.8) is 0 Å². The molecule has 0 atom stereocenters. The number of hydrogen-bond donors (Lipinski definition) is 0. The smallest absolute Gasteiger partial charge is 0.850 e. The summed E-state index contributed by atoms with van der Waals surface area (Å²) in [6.45, 7) is 9.40. The molecule has 0 aliphatic carbocycles. The van der Waals surface area contributed by atoms with Gasteiger partial charge in [-0.2, -0.15) is 0 Å². The Morgan fingerprint density at radius 3 is 1.25 bits per heavy atom. The van der Waals surface area contributed by atoms with E-state index in [1.807, 2.05) is 0 Å². The Kier molecular flexibility index (Phi) is 14.0. The molecule has 0 aliphatic heterocycles. The van der Waals surface area contributed by atoms with Crippen LogP contribution in [0.15, 0.2) is 0 Å². The predicted octanol–water partition coefficient (Wildman–Crippen LogP) is -0.254. The summed E-state index contributed by atoms with van der Waals surface area (Å²) in [7, 11) is 0. The topological polar surface area (TPSA) is 40.1 Å². The van der Waals surface area contributed by atoms with E-state index in [2.05, 4.69) is 6.79 Å². The molecule has 0 aromatic carbocycles. The second kappa shape index (κ2) is 7.15. The van der Waals surface area contributed by atoms with E-state index in [4.69, 9.17) is 4.79 Å². The molecule has 2 nitrogen and oxygen atoms in total. The van der Waals surface area contributed by atoms with Gasteiger partial charge in [-0.3, -0.25) is 4.79 Å². The van der Waals surface area contributed by atoms with Crippen molar-refractivity contribution in [3.8, 4) is 0 Å². The van der Waals surface area contributed by atoms with Gasteiger partial charge in [0.05, 0.1) is 0 Å². The summed E-state index contributed by atoms with van der Waals surface area (Å²) in [5, 5.41) is 10.1. The summed E-state index contributed by atoms with van der Waals surface area (Å²) in [6, 6.07) is 0. The number of hydrogen-bond acceptors (Lipinski definition) is 2. The van der Waals surface area contributed by atoms with E-state index in [-0.39, 0.29) is 17.1 Å². The molecule has 0 aromatic heterocycles. The Balaban J connectivity index is -0.0000000750. The van der Waals surface area contributed by atoms with Crippen molar-refractivity contribution in [1.29, 1.82) is 0 Å². The van der Waals surface area contributed by atoms with Crippen LogP contribution in [0.3, 0.4) is 0 Å². The quantitative estimate of drug-likeness (QED) is 0.463. The predicted molar refractivity (Wildman–Crippen MR) is 25.4 cm³/mol.